The first-order chi connectivity index (χ1) is 17.1. The Bertz CT molecular complexity index is 517. The summed E-state index contributed by atoms with van der Waals surface area (Å²) in [5.41, 5.74) is 0. The summed E-state index contributed by atoms with van der Waals surface area (Å²) in [6, 6.07) is 0. The highest BCUT2D eigenvalue weighted by molar-refractivity contribution is 5.69. The van der Waals surface area contributed by atoms with Crippen LogP contribution in [0.25, 0.3) is 0 Å². The molecule has 0 saturated heterocycles. The minimum atomic E-state index is -0.712. The van der Waals surface area contributed by atoms with Gasteiger partial charge in [0.05, 0.1) is 6.61 Å². The van der Waals surface area contributed by atoms with Gasteiger partial charge < -0.3 is 9.47 Å². The SMILES string of the molecule is CCCCCCCCCC(=O)OC1CCC(C2CCC(COCCCCCCCC)C(F)C2)CC1. The quantitative estimate of drug-likeness (QED) is 0.132. The van der Waals surface area contributed by atoms with Gasteiger partial charge >= 0.3 is 5.97 Å². The van der Waals surface area contributed by atoms with Gasteiger partial charge in [0.1, 0.15) is 12.3 Å². The zero-order valence-electron chi connectivity index (χ0n) is 23.3. The van der Waals surface area contributed by atoms with Gasteiger partial charge in [-0.05, 0) is 69.6 Å². The molecule has 0 N–H and O–H groups in total. The largest absolute Gasteiger partial charge is 0.462 e. The van der Waals surface area contributed by atoms with Gasteiger partial charge in [0.25, 0.3) is 0 Å². The van der Waals surface area contributed by atoms with Crippen molar-refractivity contribution >= 4 is 5.97 Å². The molecule has 0 amide bonds. The van der Waals surface area contributed by atoms with Gasteiger partial charge in [-0.1, -0.05) is 84.5 Å². The average Bonchev–Trinajstić information content (AvgIpc) is 2.86. The molecule has 0 radical (unpaired) electrons. The Labute approximate surface area is 216 Å². The van der Waals surface area contributed by atoms with Crippen molar-refractivity contribution in [3.8, 4) is 0 Å². The number of carbonyl (C=O) groups is 1. The first-order valence-corrected chi connectivity index (χ1v) is 15.5. The van der Waals surface area contributed by atoms with Gasteiger partial charge in [0.2, 0.25) is 0 Å². The van der Waals surface area contributed by atoms with Crippen LogP contribution in [0.15, 0.2) is 0 Å². The lowest BCUT2D eigenvalue weighted by atomic mass is 9.70. The van der Waals surface area contributed by atoms with E-state index in [1.807, 2.05) is 0 Å². The second-order valence-corrected chi connectivity index (χ2v) is 11.6. The van der Waals surface area contributed by atoms with Gasteiger partial charge in [0, 0.05) is 18.9 Å². The minimum absolute atomic E-state index is 0.00713. The summed E-state index contributed by atoms with van der Waals surface area (Å²) in [6.07, 6.45) is 23.0. The molecule has 0 aromatic heterocycles. The van der Waals surface area contributed by atoms with Crippen LogP contribution in [0.3, 0.4) is 0 Å². The number of hydrogen-bond donors (Lipinski definition) is 0. The van der Waals surface area contributed by atoms with Crippen LogP contribution in [-0.4, -0.2) is 31.5 Å². The maximum Gasteiger partial charge on any atom is 0.306 e. The second-order valence-electron chi connectivity index (χ2n) is 11.6. The highest BCUT2D eigenvalue weighted by atomic mass is 19.1. The molecule has 206 valence electrons. The fraction of sp³-hybridized carbons (Fsp3) is 0.968. The van der Waals surface area contributed by atoms with E-state index in [0.29, 0.717) is 31.3 Å². The Morgan fingerprint density at radius 2 is 1.29 bits per heavy atom. The molecule has 0 aliphatic heterocycles. The fourth-order valence-corrected chi connectivity index (χ4v) is 6.19. The molecule has 0 spiro atoms. The lowest BCUT2D eigenvalue weighted by Crippen LogP contribution is -2.35. The predicted octanol–water partition coefficient (Wildman–Crippen LogP) is 9.36. The van der Waals surface area contributed by atoms with E-state index in [1.165, 1.54) is 64.2 Å². The summed E-state index contributed by atoms with van der Waals surface area (Å²) in [5, 5.41) is 0. The molecule has 3 nitrogen and oxygen atoms in total. The first-order valence-electron chi connectivity index (χ1n) is 15.5. The predicted molar refractivity (Wildman–Crippen MR) is 144 cm³/mol. The molecule has 2 fully saturated rings. The normalized spacial score (nSPS) is 27.1. The number of halogens is 1. The molecule has 2 rings (SSSR count). The molecule has 0 aromatic carbocycles. The summed E-state index contributed by atoms with van der Waals surface area (Å²) in [5.74, 6) is 1.20. The van der Waals surface area contributed by atoms with E-state index < -0.39 is 6.17 Å². The second kappa shape index (κ2) is 19.5. The van der Waals surface area contributed by atoms with Crippen molar-refractivity contribution in [1.29, 1.82) is 0 Å². The zero-order valence-corrected chi connectivity index (χ0v) is 23.3. The van der Waals surface area contributed by atoms with Crippen molar-refractivity contribution in [3.05, 3.63) is 0 Å². The Kier molecular flexibility index (Phi) is 17.0. The number of alkyl halides is 1. The molecular weight excluding hydrogens is 439 g/mol. The van der Waals surface area contributed by atoms with Crippen molar-refractivity contribution in [3.63, 3.8) is 0 Å². The number of ether oxygens (including phenoxy) is 2. The van der Waals surface area contributed by atoms with E-state index in [1.54, 1.807) is 0 Å². The van der Waals surface area contributed by atoms with E-state index >= 15 is 0 Å². The van der Waals surface area contributed by atoms with Crippen molar-refractivity contribution in [1.82, 2.24) is 0 Å². The number of unbranched alkanes of at least 4 members (excludes halogenated alkanes) is 11. The van der Waals surface area contributed by atoms with Crippen LogP contribution in [0.4, 0.5) is 4.39 Å². The summed E-state index contributed by atoms with van der Waals surface area (Å²) in [7, 11) is 0. The van der Waals surface area contributed by atoms with E-state index in [4.69, 9.17) is 9.47 Å². The van der Waals surface area contributed by atoms with E-state index in [-0.39, 0.29) is 18.0 Å². The first kappa shape index (κ1) is 30.6. The Hall–Kier alpha value is -0.640. The van der Waals surface area contributed by atoms with Gasteiger partial charge in [-0.15, -0.1) is 0 Å². The average molecular weight is 497 g/mol. The molecule has 2 saturated carbocycles. The van der Waals surface area contributed by atoms with Crippen LogP contribution in [0.5, 0.6) is 0 Å². The third kappa shape index (κ3) is 13.5. The van der Waals surface area contributed by atoms with Crippen LogP contribution >= 0.6 is 0 Å². The molecule has 2 aliphatic carbocycles. The summed E-state index contributed by atoms with van der Waals surface area (Å²) in [6.45, 7) is 5.87. The van der Waals surface area contributed by atoms with Crippen LogP contribution in [0.1, 0.15) is 149 Å². The van der Waals surface area contributed by atoms with E-state index in [2.05, 4.69) is 13.8 Å². The molecule has 0 heterocycles. The van der Waals surface area contributed by atoms with Gasteiger partial charge in [-0.25, -0.2) is 4.39 Å². The molecule has 0 aromatic rings. The van der Waals surface area contributed by atoms with Gasteiger partial charge in [0.15, 0.2) is 0 Å². The maximum atomic E-state index is 14.9. The standard InChI is InChI=1S/C31H57FO3/c1-3-5-7-9-11-12-14-16-31(33)35-29-21-19-26(20-22-29)27-17-18-28(30(32)24-27)25-34-23-15-13-10-8-6-4-2/h26-30H,3-25H2,1-2H3. The third-order valence-electron chi connectivity index (χ3n) is 8.59. The Morgan fingerprint density at radius 1 is 0.714 bits per heavy atom. The molecule has 3 atom stereocenters. The van der Waals surface area contributed by atoms with Crippen LogP contribution in [0, 0.1) is 17.8 Å². The number of hydrogen-bond acceptors (Lipinski definition) is 3. The van der Waals surface area contributed by atoms with Crippen molar-refractivity contribution in [2.75, 3.05) is 13.2 Å². The number of carbonyl (C=O) groups excluding carboxylic acids is 1. The van der Waals surface area contributed by atoms with E-state index in [9.17, 15) is 9.18 Å². The van der Waals surface area contributed by atoms with Crippen molar-refractivity contribution in [2.45, 2.75) is 161 Å². The number of rotatable bonds is 19. The molecule has 35 heavy (non-hydrogen) atoms. The summed E-state index contributed by atoms with van der Waals surface area (Å²) in [4.78, 5) is 12.2. The molecule has 2 aliphatic rings. The molecular formula is C31H57FO3. The smallest absolute Gasteiger partial charge is 0.306 e. The monoisotopic (exact) mass is 496 g/mol. The Morgan fingerprint density at radius 3 is 1.91 bits per heavy atom. The molecule has 0 bridgehead atoms. The minimum Gasteiger partial charge on any atom is -0.462 e. The fourth-order valence-electron chi connectivity index (χ4n) is 6.19. The highest BCUT2D eigenvalue weighted by Crippen LogP contribution is 2.41. The molecule has 4 heteroatoms. The molecule has 3 unspecified atom stereocenters. The number of esters is 1. The van der Waals surface area contributed by atoms with Gasteiger partial charge in [-0.2, -0.15) is 0 Å². The lowest BCUT2D eigenvalue weighted by molar-refractivity contribution is -0.151. The Balaban J connectivity index is 1.50. The van der Waals surface area contributed by atoms with Crippen LogP contribution < -0.4 is 0 Å². The summed E-state index contributed by atoms with van der Waals surface area (Å²) >= 11 is 0. The van der Waals surface area contributed by atoms with Crippen LogP contribution in [-0.2, 0) is 14.3 Å². The lowest BCUT2D eigenvalue weighted by Gasteiger charge is -2.39. The zero-order chi connectivity index (χ0) is 25.1. The highest BCUT2D eigenvalue weighted by Gasteiger charge is 2.36. The maximum absolute atomic E-state index is 14.9. The summed E-state index contributed by atoms with van der Waals surface area (Å²) < 4.78 is 26.5. The van der Waals surface area contributed by atoms with Crippen molar-refractivity contribution < 1.29 is 18.7 Å². The van der Waals surface area contributed by atoms with Crippen LogP contribution in [0.2, 0.25) is 0 Å². The topological polar surface area (TPSA) is 35.5 Å². The third-order valence-corrected chi connectivity index (χ3v) is 8.59. The van der Waals surface area contributed by atoms with E-state index in [0.717, 1.165) is 64.4 Å². The van der Waals surface area contributed by atoms with Crippen molar-refractivity contribution in [2.24, 2.45) is 17.8 Å². The van der Waals surface area contributed by atoms with Gasteiger partial charge in [-0.3, -0.25) is 4.79 Å².